The van der Waals surface area contributed by atoms with Crippen molar-refractivity contribution in [1.29, 1.82) is 0 Å². The van der Waals surface area contributed by atoms with E-state index in [1.807, 2.05) is 0 Å². The molecule has 0 aromatic carbocycles. The Bertz CT molecular complexity index is 220. The molecule has 0 heterocycles. The summed E-state index contributed by atoms with van der Waals surface area (Å²) in [7, 11) is 0. The summed E-state index contributed by atoms with van der Waals surface area (Å²) in [6, 6.07) is 0. The first-order chi connectivity index (χ1) is 7.86. The van der Waals surface area contributed by atoms with E-state index in [0.717, 1.165) is 5.92 Å². The van der Waals surface area contributed by atoms with Gasteiger partial charge in [-0.25, -0.2) is 0 Å². The molecule has 0 bridgehead atoms. The number of hydrogen-bond acceptors (Lipinski definition) is 1. The van der Waals surface area contributed by atoms with Crippen molar-refractivity contribution in [2.45, 2.75) is 66.3 Å². The van der Waals surface area contributed by atoms with Gasteiger partial charge in [0.15, 0.2) is 0 Å². The van der Waals surface area contributed by atoms with Crippen LogP contribution in [0, 0.1) is 23.7 Å². The van der Waals surface area contributed by atoms with Gasteiger partial charge in [-0.05, 0) is 37.0 Å². The molecule has 0 spiro atoms. The molecule has 1 heteroatoms. The second kappa shape index (κ2) is 7.20. The van der Waals surface area contributed by atoms with Crippen LogP contribution >= 0.6 is 0 Å². The van der Waals surface area contributed by atoms with Crippen molar-refractivity contribution in [2.24, 2.45) is 29.4 Å². The lowest BCUT2D eigenvalue weighted by Gasteiger charge is -2.49. The van der Waals surface area contributed by atoms with E-state index in [-0.39, 0.29) is 5.54 Å². The van der Waals surface area contributed by atoms with E-state index >= 15 is 0 Å². The standard InChI is InChI=1S/C13H25N.C3H8/c1-6-11-8-9(3)12(7-2)10(4)13(11,5)14;1-3-2/h7,9-12H,2,6,8,14H2,1,3-5H3;3H2,1-2H3. The van der Waals surface area contributed by atoms with Crippen LogP contribution < -0.4 is 5.73 Å². The van der Waals surface area contributed by atoms with Crippen molar-refractivity contribution in [2.75, 3.05) is 0 Å². The molecule has 0 aromatic heterocycles. The van der Waals surface area contributed by atoms with Crippen LogP contribution in [0.1, 0.15) is 60.8 Å². The van der Waals surface area contributed by atoms with Crippen LogP contribution in [0.15, 0.2) is 12.7 Å². The van der Waals surface area contributed by atoms with Crippen LogP contribution in [0.25, 0.3) is 0 Å². The van der Waals surface area contributed by atoms with E-state index < -0.39 is 0 Å². The second-order valence-corrected chi connectivity index (χ2v) is 5.99. The molecule has 1 rings (SSSR count). The van der Waals surface area contributed by atoms with Gasteiger partial charge in [0.25, 0.3) is 0 Å². The highest BCUT2D eigenvalue weighted by Gasteiger charge is 2.44. The molecule has 0 radical (unpaired) electrons. The molecule has 5 unspecified atom stereocenters. The SMILES string of the molecule is C=CC1C(C)CC(CC)C(C)(N)C1C.CCC. The summed E-state index contributed by atoms with van der Waals surface area (Å²) in [4.78, 5) is 0. The van der Waals surface area contributed by atoms with Crippen molar-refractivity contribution < 1.29 is 0 Å². The molecular weight excluding hydrogens is 206 g/mol. The first-order valence-corrected chi connectivity index (χ1v) is 7.28. The second-order valence-electron chi connectivity index (χ2n) is 5.99. The Labute approximate surface area is 109 Å². The number of nitrogens with two attached hydrogens (primary N) is 1. The zero-order chi connectivity index (χ0) is 13.6. The monoisotopic (exact) mass is 239 g/mol. The molecule has 0 amide bonds. The molecule has 0 saturated heterocycles. The summed E-state index contributed by atoms with van der Waals surface area (Å²) in [5.74, 6) is 2.55. The van der Waals surface area contributed by atoms with Crippen LogP contribution in [0.5, 0.6) is 0 Å². The van der Waals surface area contributed by atoms with Crippen molar-refractivity contribution in [3.8, 4) is 0 Å². The smallest absolute Gasteiger partial charge is 0.0185 e. The van der Waals surface area contributed by atoms with Gasteiger partial charge in [0, 0.05) is 5.54 Å². The summed E-state index contributed by atoms with van der Waals surface area (Å²) in [5, 5.41) is 0. The fraction of sp³-hybridized carbons (Fsp3) is 0.875. The van der Waals surface area contributed by atoms with E-state index in [4.69, 9.17) is 5.73 Å². The molecular formula is C16H33N. The van der Waals surface area contributed by atoms with Crippen molar-refractivity contribution in [3.63, 3.8) is 0 Å². The van der Waals surface area contributed by atoms with E-state index in [1.165, 1.54) is 19.3 Å². The Morgan fingerprint density at radius 2 is 1.76 bits per heavy atom. The van der Waals surface area contributed by atoms with Crippen LogP contribution in [0.4, 0.5) is 0 Å². The highest BCUT2D eigenvalue weighted by atomic mass is 14.8. The van der Waals surface area contributed by atoms with Gasteiger partial charge < -0.3 is 5.73 Å². The van der Waals surface area contributed by atoms with Crippen molar-refractivity contribution in [1.82, 2.24) is 0 Å². The molecule has 1 aliphatic rings. The number of allylic oxidation sites excluding steroid dienone is 1. The van der Waals surface area contributed by atoms with E-state index in [0.29, 0.717) is 17.8 Å². The molecule has 2 N–H and O–H groups in total. The predicted octanol–water partition coefficient (Wildman–Crippen LogP) is 4.62. The van der Waals surface area contributed by atoms with Crippen LogP contribution in [-0.4, -0.2) is 5.54 Å². The quantitative estimate of drug-likeness (QED) is 0.699. The van der Waals surface area contributed by atoms with Crippen molar-refractivity contribution in [3.05, 3.63) is 12.7 Å². The summed E-state index contributed by atoms with van der Waals surface area (Å²) < 4.78 is 0. The highest BCUT2D eigenvalue weighted by Crippen LogP contribution is 2.44. The highest BCUT2D eigenvalue weighted by molar-refractivity contribution is 5.04. The third-order valence-corrected chi connectivity index (χ3v) is 4.52. The van der Waals surface area contributed by atoms with Gasteiger partial charge in [0.05, 0.1) is 0 Å². The largest absolute Gasteiger partial charge is 0.325 e. The molecule has 5 atom stereocenters. The molecule has 0 aliphatic heterocycles. The first-order valence-electron chi connectivity index (χ1n) is 7.28. The van der Waals surface area contributed by atoms with Gasteiger partial charge >= 0.3 is 0 Å². The Hall–Kier alpha value is -0.300. The van der Waals surface area contributed by atoms with Gasteiger partial charge in [0.1, 0.15) is 0 Å². The molecule has 1 saturated carbocycles. The third-order valence-electron chi connectivity index (χ3n) is 4.52. The number of rotatable bonds is 2. The molecule has 0 aromatic rings. The number of hydrogen-bond donors (Lipinski definition) is 1. The van der Waals surface area contributed by atoms with Gasteiger partial charge in [0.2, 0.25) is 0 Å². The summed E-state index contributed by atoms with van der Waals surface area (Å²) in [5.41, 5.74) is 6.44. The maximum Gasteiger partial charge on any atom is 0.0185 e. The van der Waals surface area contributed by atoms with Gasteiger partial charge in [-0.1, -0.05) is 53.5 Å². The van der Waals surface area contributed by atoms with Gasteiger partial charge in [-0.3, -0.25) is 0 Å². The van der Waals surface area contributed by atoms with Crippen LogP contribution in [0.3, 0.4) is 0 Å². The third kappa shape index (κ3) is 3.84. The lowest BCUT2D eigenvalue weighted by atomic mass is 9.59. The van der Waals surface area contributed by atoms with E-state index in [9.17, 15) is 0 Å². The first kappa shape index (κ1) is 16.7. The fourth-order valence-electron chi connectivity index (χ4n) is 3.18. The molecule has 1 nitrogen and oxygen atoms in total. The van der Waals surface area contributed by atoms with Gasteiger partial charge in [-0.15, -0.1) is 6.58 Å². The zero-order valence-electron chi connectivity index (χ0n) is 12.8. The lowest BCUT2D eigenvalue weighted by molar-refractivity contribution is 0.0608. The summed E-state index contributed by atoms with van der Waals surface area (Å²) >= 11 is 0. The summed E-state index contributed by atoms with van der Waals surface area (Å²) in [6.45, 7) is 17.3. The maximum absolute atomic E-state index is 6.46. The average molecular weight is 239 g/mol. The van der Waals surface area contributed by atoms with E-state index in [1.54, 1.807) is 0 Å². The zero-order valence-corrected chi connectivity index (χ0v) is 12.8. The Morgan fingerprint density at radius 3 is 2.12 bits per heavy atom. The van der Waals surface area contributed by atoms with Crippen LogP contribution in [-0.2, 0) is 0 Å². The van der Waals surface area contributed by atoms with E-state index in [2.05, 4.69) is 54.2 Å². The van der Waals surface area contributed by atoms with Crippen LogP contribution in [0.2, 0.25) is 0 Å². The Balaban J connectivity index is 0.000000770. The minimum Gasteiger partial charge on any atom is -0.325 e. The van der Waals surface area contributed by atoms with Crippen molar-refractivity contribution >= 4 is 0 Å². The minimum atomic E-state index is -0.0138. The molecule has 17 heavy (non-hydrogen) atoms. The molecule has 1 aliphatic carbocycles. The fourth-order valence-corrected chi connectivity index (χ4v) is 3.18. The molecule has 1 fully saturated rings. The Morgan fingerprint density at radius 1 is 1.29 bits per heavy atom. The predicted molar refractivity (Wildman–Crippen MR) is 79.0 cm³/mol. The normalized spacial score (nSPS) is 41.4. The summed E-state index contributed by atoms with van der Waals surface area (Å²) in [6.07, 6.45) is 5.81. The Kier molecular flexibility index (Phi) is 7.08. The topological polar surface area (TPSA) is 26.0 Å². The van der Waals surface area contributed by atoms with Gasteiger partial charge in [-0.2, -0.15) is 0 Å². The molecule has 102 valence electrons. The minimum absolute atomic E-state index is 0.0138. The maximum atomic E-state index is 6.46. The lowest BCUT2D eigenvalue weighted by Crippen LogP contribution is -2.56. The average Bonchev–Trinajstić information content (AvgIpc) is 2.26.